The maximum Gasteiger partial charge on any atom is 0.335 e. The van der Waals surface area contributed by atoms with Crippen LogP contribution in [0.3, 0.4) is 0 Å². The fourth-order valence-corrected chi connectivity index (χ4v) is 13.6. The fraction of sp³-hybridized carbons (Fsp3) is 0.524. The number of fused-ring (bicyclic) bond motifs is 4. The molecule has 0 bridgehead atoms. The van der Waals surface area contributed by atoms with Gasteiger partial charge in [0.25, 0.3) is 0 Å². The Morgan fingerprint density at radius 3 is 2.30 bits per heavy atom. The first-order chi connectivity index (χ1) is 25.6. The number of phenolic OH excluding ortho intramolecular Hbond substituents is 2. The number of esters is 2. The molecule has 0 amide bonds. The molecule has 2 aliphatic carbocycles. The van der Waals surface area contributed by atoms with Crippen LogP contribution >= 0.6 is 0 Å². The van der Waals surface area contributed by atoms with Crippen LogP contribution in [0.2, 0.25) is 0 Å². The lowest BCUT2D eigenvalue weighted by atomic mass is 9.52. The van der Waals surface area contributed by atoms with Crippen molar-refractivity contribution in [2.45, 2.75) is 93.5 Å². The lowest BCUT2D eigenvalue weighted by Crippen LogP contribution is -2.63. The van der Waals surface area contributed by atoms with Gasteiger partial charge in [-0.25, -0.2) is 9.59 Å². The number of phenols is 2. The van der Waals surface area contributed by atoms with Crippen LogP contribution in [-0.2, 0) is 34.6 Å². The van der Waals surface area contributed by atoms with Gasteiger partial charge in [0.05, 0.1) is 48.3 Å². The monoisotopic (exact) mass is 718 g/mol. The lowest BCUT2D eigenvalue weighted by molar-refractivity contribution is -0.138. The van der Waals surface area contributed by atoms with E-state index in [2.05, 4.69) is 52.5 Å². The summed E-state index contributed by atoms with van der Waals surface area (Å²) < 4.78 is 17.7. The van der Waals surface area contributed by atoms with Gasteiger partial charge < -0.3 is 35.1 Å². The molecule has 2 aromatic rings. The Bertz CT molecular complexity index is 2160. The van der Waals surface area contributed by atoms with Crippen LogP contribution in [0, 0.1) is 10.8 Å². The molecule has 7 heterocycles. The van der Waals surface area contributed by atoms with Crippen molar-refractivity contribution in [2.75, 3.05) is 44.5 Å². The second-order valence-electron chi connectivity index (χ2n) is 17.0. The van der Waals surface area contributed by atoms with Crippen molar-refractivity contribution >= 4 is 23.3 Å². The van der Waals surface area contributed by atoms with Crippen molar-refractivity contribution in [1.82, 2.24) is 9.80 Å². The SMILES string of the molecule is CC[C@]12C=CCN3CC[C@]4(C(=C(C(=O)OC)C1)Nc1cc(O)c([C@@H]5[C@@H]6O[C@@H]6[C@@]6(CC)CC(C(=O)OC)=C7Nc8cc(O)ccc8[C@@]78CCN5[C@@H]68)cc14)[C@@H]32. The molecule has 9 atom stereocenters. The predicted molar refractivity (Wildman–Crippen MR) is 195 cm³/mol. The molecule has 53 heavy (non-hydrogen) atoms. The van der Waals surface area contributed by atoms with E-state index >= 15 is 0 Å². The summed E-state index contributed by atoms with van der Waals surface area (Å²) in [5.74, 6) is -0.236. The Balaban J connectivity index is 1.10. The number of anilines is 2. The average molecular weight is 719 g/mol. The van der Waals surface area contributed by atoms with E-state index in [0.717, 1.165) is 84.8 Å². The summed E-state index contributed by atoms with van der Waals surface area (Å²) in [6.45, 7) is 6.97. The van der Waals surface area contributed by atoms with Crippen LogP contribution < -0.4 is 10.6 Å². The van der Waals surface area contributed by atoms with E-state index < -0.39 is 10.8 Å². The molecule has 11 nitrogen and oxygen atoms in total. The number of aromatic hydroxyl groups is 2. The van der Waals surface area contributed by atoms with Gasteiger partial charge in [-0.3, -0.25) is 9.80 Å². The molecule has 0 unspecified atom stereocenters. The molecule has 11 rings (SSSR count). The number of hydrogen-bond donors (Lipinski definition) is 4. The van der Waals surface area contributed by atoms with Gasteiger partial charge in [-0.15, -0.1) is 0 Å². The largest absolute Gasteiger partial charge is 0.508 e. The average Bonchev–Trinajstić information content (AvgIpc) is 3.42. The zero-order valence-electron chi connectivity index (χ0n) is 30.6. The first-order valence-corrected chi connectivity index (χ1v) is 19.3. The number of ether oxygens (including phenoxy) is 3. The van der Waals surface area contributed by atoms with Gasteiger partial charge in [0, 0.05) is 83.0 Å². The highest BCUT2D eigenvalue weighted by Crippen LogP contribution is 2.72. The fourth-order valence-electron chi connectivity index (χ4n) is 13.6. The maximum absolute atomic E-state index is 13.6. The van der Waals surface area contributed by atoms with Crippen molar-refractivity contribution < 1.29 is 34.0 Å². The van der Waals surface area contributed by atoms with Crippen LogP contribution in [0.4, 0.5) is 11.4 Å². The predicted octanol–water partition coefficient (Wildman–Crippen LogP) is 5.12. The number of piperidine rings is 1. The molecule has 0 radical (unpaired) electrons. The summed E-state index contributed by atoms with van der Waals surface area (Å²) in [6.07, 6.45) is 8.83. The molecular weight excluding hydrogens is 672 g/mol. The van der Waals surface area contributed by atoms with E-state index in [-0.39, 0.29) is 64.6 Å². The summed E-state index contributed by atoms with van der Waals surface area (Å²) in [6, 6.07) is 9.57. The van der Waals surface area contributed by atoms with Gasteiger partial charge in [0.2, 0.25) is 0 Å². The maximum atomic E-state index is 13.6. The van der Waals surface area contributed by atoms with Crippen LogP contribution in [0.25, 0.3) is 0 Å². The van der Waals surface area contributed by atoms with Crippen LogP contribution in [0.5, 0.6) is 11.5 Å². The molecule has 4 N–H and O–H groups in total. The number of hydrogen-bond acceptors (Lipinski definition) is 11. The third-order valence-electron chi connectivity index (χ3n) is 15.5. The number of carbonyl (C=O) groups is 2. The van der Waals surface area contributed by atoms with Gasteiger partial charge in [-0.2, -0.15) is 0 Å². The van der Waals surface area contributed by atoms with Crippen LogP contribution in [0.1, 0.15) is 75.1 Å². The van der Waals surface area contributed by atoms with Crippen molar-refractivity contribution in [3.63, 3.8) is 0 Å². The standard InChI is InChI=1S/C42H46N4O7/c1-5-39-10-7-13-45-14-11-42(37(39)45)26-17-22(29(48)18-28(26)44-32(42)23(19-39)35(49)51-3)30-31-34(53-31)40(6-2)20-24(36(50)52-4)33-41(12-15-46(30)38(40)41)25-9-8-21(47)16-27(25)43-33/h7-10,16-18,30-31,34,37-38,43-44,47-48H,5-6,11-15,19-20H2,1-4H3/t30-,31+,34+,37+,38+,39+,40-,41+,42+/m1/s1. The zero-order chi connectivity index (χ0) is 36.4. The minimum absolute atomic E-state index is 0.0337. The van der Waals surface area contributed by atoms with Gasteiger partial charge >= 0.3 is 11.9 Å². The molecule has 2 aromatic carbocycles. The summed E-state index contributed by atoms with van der Waals surface area (Å²) in [7, 11) is 2.91. The number of nitrogens with zero attached hydrogens (tertiary/aromatic N) is 2. The first kappa shape index (κ1) is 32.1. The molecule has 0 saturated carbocycles. The number of epoxide rings is 1. The second-order valence-corrected chi connectivity index (χ2v) is 17.0. The highest BCUT2D eigenvalue weighted by atomic mass is 16.6. The molecule has 11 heteroatoms. The molecule has 4 saturated heterocycles. The van der Waals surface area contributed by atoms with Crippen molar-refractivity contribution in [3.8, 4) is 11.5 Å². The molecule has 276 valence electrons. The zero-order valence-corrected chi connectivity index (χ0v) is 30.6. The van der Waals surface area contributed by atoms with Gasteiger partial charge in [-0.05, 0) is 61.8 Å². The van der Waals surface area contributed by atoms with Gasteiger partial charge in [-0.1, -0.05) is 32.1 Å². The molecule has 7 aliphatic heterocycles. The van der Waals surface area contributed by atoms with Gasteiger partial charge in [0.1, 0.15) is 17.6 Å². The summed E-state index contributed by atoms with van der Waals surface area (Å²) in [5.41, 5.74) is 6.34. The Labute approximate surface area is 308 Å². The van der Waals surface area contributed by atoms with E-state index in [0.29, 0.717) is 24.0 Å². The third-order valence-corrected chi connectivity index (χ3v) is 15.5. The van der Waals surface area contributed by atoms with E-state index in [4.69, 9.17) is 14.2 Å². The first-order valence-electron chi connectivity index (χ1n) is 19.3. The second kappa shape index (κ2) is 10.2. The molecule has 2 spiro atoms. The number of methoxy groups -OCH3 is 2. The molecular formula is C42H46N4O7. The Hall–Kier alpha value is -4.32. The Kier molecular flexibility index (Phi) is 6.22. The Morgan fingerprint density at radius 1 is 0.887 bits per heavy atom. The summed E-state index contributed by atoms with van der Waals surface area (Å²) in [4.78, 5) is 32.3. The van der Waals surface area contributed by atoms with E-state index in [1.165, 1.54) is 14.2 Å². The van der Waals surface area contributed by atoms with E-state index in [1.807, 2.05) is 12.1 Å². The van der Waals surface area contributed by atoms with Crippen LogP contribution in [-0.4, -0.2) is 90.1 Å². The van der Waals surface area contributed by atoms with Crippen LogP contribution in [0.15, 0.2) is 65.0 Å². The number of carbonyl (C=O) groups excluding carboxylic acids is 2. The lowest BCUT2D eigenvalue weighted by Gasteiger charge is -2.56. The highest BCUT2D eigenvalue weighted by Gasteiger charge is 2.77. The topological polar surface area (TPSA) is 136 Å². The number of benzene rings is 2. The third kappa shape index (κ3) is 3.54. The summed E-state index contributed by atoms with van der Waals surface area (Å²) in [5, 5.41) is 30.0. The minimum atomic E-state index is -0.543. The van der Waals surface area contributed by atoms with E-state index in [1.54, 1.807) is 12.1 Å². The molecule has 4 fully saturated rings. The smallest absolute Gasteiger partial charge is 0.335 e. The van der Waals surface area contributed by atoms with Crippen molar-refractivity contribution in [3.05, 3.63) is 81.7 Å². The molecule has 0 aromatic heterocycles. The van der Waals surface area contributed by atoms with Crippen molar-refractivity contribution in [2.24, 2.45) is 10.8 Å². The molecule has 9 aliphatic rings. The quantitative estimate of drug-likeness (QED) is 0.186. The Morgan fingerprint density at radius 2 is 1.58 bits per heavy atom. The van der Waals surface area contributed by atoms with Crippen molar-refractivity contribution in [1.29, 1.82) is 0 Å². The van der Waals surface area contributed by atoms with E-state index in [9.17, 15) is 19.8 Å². The minimum Gasteiger partial charge on any atom is -0.508 e. The summed E-state index contributed by atoms with van der Waals surface area (Å²) >= 11 is 0. The van der Waals surface area contributed by atoms with Gasteiger partial charge in [0.15, 0.2) is 0 Å². The number of nitrogens with one attached hydrogen (secondary N) is 2. The number of rotatable bonds is 5. The normalized spacial score (nSPS) is 39.2. The highest BCUT2D eigenvalue weighted by molar-refractivity contribution is 5.94.